The molecule has 1 atom stereocenters. The summed E-state index contributed by atoms with van der Waals surface area (Å²) in [6.45, 7) is 4.73. The van der Waals surface area contributed by atoms with E-state index < -0.39 is 0 Å². The van der Waals surface area contributed by atoms with Crippen LogP contribution in [0.5, 0.6) is 5.75 Å². The standard InChI is InChI=1S/C16H18BrNO/c1-3-19-14-8-5-12(6-9-14)16(18)15-10-13(17)7-4-11(15)2/h4-10,16H,3,18H2,1-2H3. The second kappa shape index (κ2) is 6.22. The third kappa shape index (κ3) is 3.37. The second-order valence-electron chi connectivity index (χ2n) is 4.48. The number of hydrogen-bond donors (Lipinski definition) is 1. The van der Waals surface area contributed by atoms with Gasteiger partial charge in [0, 0.05) is 4.47 Å². The minimum Gasteiger partial charge on any atom is -0.494 e. The van der Waals surface area contributed by atoms with Crippen molar-refractivity contribution in [2.24, 2.45) is 5.73 Å². The SMILES string of the molecule is CCOc1ccc(C(N)c2cc(Br)ccc2C)cc1. The van der Waals surface area contributed by atoms with Crippen molar-refractivity contribution in [1.82, 2.24) is 0 Å². The fourth-order valence-corrected chi connectivity index (χ4v) is 2.44. The van der Waals surface area contributed by atoms with Crippen LogP contribution in [-0.2, 0) is 0 Å². The molecule has 0 aromatic heterocycles. The van der Waals surface area contributed by atoms with E-state index in [1.165, 1.54) is 5.56 Å². The van der Waals surface area contributed by atoms with E-state index in [9.17, 15) is 0 Å². The number of aryl methyl sites for hydroxylation is 1. The van der Waals surface area contributed by atoms with Gasteiger partial charge in [-0.25, -0.2) is 0 Å². The van der Waals surface area contributed by atoms with Crippen LogP contribution >= 0.6 is 15.9 Å². The van der Waals surface area contributed by atoms with Gasteiger partial charge in [-0.2, -0.15) is 0 Å². The maximum Gasteiger partial charge on any atom is 0.119 e. The first-order chi connectivity index (χ1) is 9.11. The summed E-state index contributed by atoms with van der Waals surface area (Å²) >= 11 is 3.49. The number of halogens is 1. The Bertz CT molecular complexity index is 551. The monoisotopic (exact) mass is 319 g/mol. The van der Waals surface area contributed by atoms with Crippen LogP contribution in [0.15, 0.2) is 46.9 Å². The van der Waals surface area contributed by atoms with E-state index in [1.54, 1.807) is 0 Å². The van der Waals surface area contributed by atoms with Gasteiger partial charge >= 0.3 is 0 Å². The molecule has 0 bridgehead atoms. The summed E-state index contributed by atoms with van der Waals surface area (Å²) in [7, 11) is 0. The minimum absolute atomic E-state index is 0.117. The summed E-state index contributed by atoms with van der Waals surface area (Å²) in [5.41, 5.74) is 9.77. The highest BCUT2D eigenvalue weighted by Crippen LogP contribution is 2.26. The Balaban J connectivity index is 2.27. The number of nitrogens with two attached hydrogens (primary N) is 1. The molecular formula is C16H18BrNO. The zero-order chi connectivity index (χ0) is 13.8. The Hall–Kier alpha value is -1.32. The summed E-state index contributed by atoms with van der Waals surface area (Å²) in [5.74, 6) is 0.879. The lowest BCUT2D eigenvalue weighted by Crippen LogP contribution is -2.13. The molecule has 0 saturated carbocycles. The van der Waals surface area contributed by atoms with Crippen LogP contribution in [-0.4, -0.2) is 6.61 Å². The van der Waals surface area contributed by atoms with Crippen molar-refractivity contribution in [1.29, 1.82) is 0 Å². The van der Waals surface area contributed by atoms with Gasteiger partial charge in [0.05, 0.1) is 12.6 Å². The lowest BCUT2D eigenvalue weighted by molar-refractivity contribution is 0.340. The molecule has 2 rings (SSSR count). The third-order valence-corrected chi connectivity index (χ3v) is 3.62. The van der Waals surface area contributed by atoms with Gasteiger partial charge in [-0.3, -0.25) is 0 Å². The Morgan fingerprint density at radius 1 is 1.16 bits per heavy atom. The molecule has 0 fully saturated rings. The molecular weight excluding hydrogens is 302 g/mol. The first kappa shape index (κ1) is 14.1. The lowest BCUT2D eigenvalue weighted by Gasteiger charge is -2.16. The molecule has 0 aliphatic carbocycles. The van der Waals surface area contributed by atoms with Crippen LogP contribution in [0.2, 0.25) is 0 Å². The number of ether oxygens (including phenoxy) is 1. The van der Waals surface area contributed by atoms with Crippen LogP contribution in [0.25, 0.3) is 0 Å². The van der Waals surface area contributed by atoms with E-state index in [-0.39, 0.29) is 6.04 Å². The molecule has 100 valence electrons. The first-order valence-electron chi connectivity index (χ1n) is 6.36. The van der Waals surface area contributed by atoms with Gasteiger partial charge < -0.3 is 10.5 Å². The normalized spacial score (nSPS) is 12.2. The van der Waals surface area contributed by atoms with E-state index in [1.807, 2.05) is 37.3 Å². The summed E-state index contributed by atoms with van der Waals surface area (Å²) in [6.07, 6.45) is 0. The largest absolute Gasteiger partial charge is 0.494 e. The molecule has 1 unspecified atom stereocenters. The predicted octanol–water partition coefficient (Wildman–Crippen LogP) is 4.20. The van der Waals surface area contributed by atoms with Gasteiger partial charge in [-0.1, -0.05) is 34.1 Å². The first-order valence-corrected chi connectivity index (χ1v) is 7.15. The minimum atomic E-state index is -0.117. The smallest absolute Gasteiger partial charge is 0.119 e. The van der Waals surface area contributed by atoms with Gasteiger partial charge in [-0.05, 0) is 54.8 Å². The highest BCUT2D eigenvalue weighted by atomic mass is 79.9. The average Bonchev–Trinajstić information content (AvgIpc) is 2.42. The molecule has 19 heavy (non-hydrogen) atoms. The molecule has 0 amide bonds. The lowest BCUT2D eigenvalue weighted by atomic mass is 9.96. The Morgan fingerprint density at radius 2 is 1.84 bits per heavy atom. The molecule has 3 heteroatoms. The molecule has 2 N–H and O–H groups in total. The summed E-state index contributed by atoms with van der Waals surface area (Å²) in [6, 6.07) is 14.0. The molecule has 2 aromatic rings. The van der Waals surface area contributed by atoms with Gasteiger partial charge in [0.1, 0.15) is 5.75 Å². The van der Waals surface area contributed by atoms with E-state index in [0.717, 1.165) is 21.3 Å². The zero-order valence-corrected chi connectivity index (χ0v) is 12.8. The van der Waals surface area contributed by atoms with Gasteiger partial charge in [-0.15, -0.1) is 0 Å². The molecule has 2 nitrogen and oxygen atoms in total. The Kier molecular flexibility index (Phi) is 4.61. The quantitative estimate of drug-likeness (QED) is 0.916. The van der Waals surface area contributed by atoms with Crippen molar-refractivity contribution >= 4 is 15.9 Å². The molecule has 0 saturated heterocycles. The summed E-state index contributed by atoms with van der Waals surface area (Å²) in [5, 5.41) is 0. The van der Waals surface area contributed by atoms with E-state index >= 15 is 0 Å². The maximum absolute atomic E-state index is 6.35. The van der Waals surface area contributed by atoms with Crippen molar-refractivity contribution in [3.05, 3.63) is 63.6 Å². The van der Waals surface area contributed by atoms with Gasteiger partial charge in [0.15, 0.2) is 0 Å². The van der Waals surface area contributed by atoms with Gasteiger partial charge in [0.25, 0.3) is 0 Å². The zero-order valence-electron chi connectivity index (χ0n) is 11.2. The molecule has 0 aliphatic heterocycles. The second-order valence-corrected chi connectivity index (χ2v) is 5.40. The Morgan fingerprint density at radius 3 is 2.47 bits per heavy atom. The van der Waals surface area contributed by atoms with Crippen molar-refractivity contribution in [2.75, 3.05) is 6.61 Å². The van der Waals surface area contributed by atoms with Gasteiger partial charge in [0.2, 0.25) is 0 Å². The third-order valence-electron chi connectivity index (χ3n) is 3.13. The Labute approximate surface area is 122 Å². The molecule has 0 spiro atoms. The number of rotatable bonds is 4. The topological polar surface area (TPSA) is 35.2 Å². The fraction of sp³-hybridized carbons (Fsp3) is 0.250. The van der Waals surface area contributed by atoms with Crippen molar-refractivity contribution < 1.29 is 4.74 Å². The van der Waals surface area contributed by atoms with Crippen LogP contribution in [0.3, 0.4) is 0 Å². The van der Waals surface area contributed by atoms with Crippen molar-refractivity contribution in [2.45, 2.75) is 19.9 Å². The number of hydrogen-bond acceptors (Lipinski definition) is 2. The fourth-order valence-electron chi connectivity index (χ4n) is 2.06. The average molecular weight is 320 g/mol. The van der Waals surface area contributed by atoms with Crippen LogP contribution < -0.4 is 10.5 Å². The molecule has 0 radical (unpaired) electrons. The van der Waals surface area contributed by atoms with Crippen LogP contribution in [0.4, 0.5) is 0 Å². The van der Waals surface area contributed by atoms with Crippen LogP contribution in [0, 0.1) is 6.92 Å². The van der Waals surface area contributed by atoms with E-state index in [4.69, 9.17) is 10.5 Å². The summed E-state index contributed by atoms with van der Waals surface area (Å²) < 4.78 is 6.49. The highest BCUT2D eigenvalue weighted by Gasteiger charge is 2.12. The van der Waals surface area contributed by atoms with Crippen molar-refractivity contribution in [3.8, 4) is 5.75 Å². The summed E-state index contributed by atoms with van der Waals surface area (Å²) in [4.78, 5) is 0. The molecule has 0 heterocycles. The van der Waals surface area contributed by atoms with Crippen LogP contribution in [0.1, 0.15) is 29.7 Å². The van der Waals surface area contributed by atoms with Crippen molar-refractivity contribution in [3.63, 3.8) is 0 Å². The number of benzene rings is 2. The molecule has 0 aliphatic rings. The maximum atomic E-state index is 6.35. The van der Waals surface area contributed by atoms with E-state index in [2.05, 4.69) is 35.0 Å². The van der Waals surface area contributed by atoms with E-state index in [0.29, 0.717) is 6.61 Å². The predicted molar refractivity (Wildman–Crippen MR) is 82.5 cm³/mol. The highest BCUT2D eigenvalue weighted by molar-refractivity contribution is 9.10. The molecule has 2 aromatic carbocycles.